The number of rotatable bonds is 9. The molecule has 0 aliphatic rings. The van der Waals surface area contributed by atoms with Gasteiger partial charge in [0, 0.05) is 0 Å². The minimum Gasteiger partial charge on any atom is -0.317 e. The fraction of sp³-hybridized carbons (Fsp3) is 1.00. The van der Waals surface area contributed by atoms with E-state index in [-0.39, 0.29) is 0 Å². The summed E-state index contributed by atoms with van der Waals surface area (Å²) in [6.45, 7) is 13.5. The van der Waals surface area contributed by atoms with Crippen LogP contribution in [0.3, 0.4) is 0 Å². The van der Waals surface area contributed by atoms with Crippen LogP contribution in [0.2, 0.25) is 0 Å². The molecule has 0 bridgehead atoms. The summed E-state index contributed by atoms with van der Waals surface area (Å²) in [5.41, 5.74) is 0. The monoisotopic (exact) mass is 200 g/mol. The molecule has 0 heterocycles. The van der Waals surface area contributed by atoms with E-state index in [9.17, 15) is 0 Å². The summed E-state index contributed by atoms with van der Waals surface area (Å²) >= 11 is 0. The van der Waals surface area contributed by atoms with E-state index in [0.29, 0.717) is 0 Å². The Bertz CT molecular complexity index is 101. The lowest BCUT2D eigenvalue weighted by molar-refractivity contribution is 0.403. The Morgan fingerprint density at radius 2 is 1.14 bits per heavy atom. The van der Waals surface area contributed by atoms with Crippen LogP contribution in [-0.4, -0.2) is 26.2 Å². The van der Waals surface area contributed by atoms with Gasteiger partial charge in [0.1, 0.15) is 0 Å². The van der Waals surface area contributed by atoms with Crippen molar-refractivity contribution in [1.29, 1.82) is 0 Å². The standard InChI is InChI=1S/C12H28N2/c1-5-13-9-11(3)7-8-12(4)10-14-6-2/h11-14H,5-10H2,1-4H3. The molecule has 86 valence electrons. The van der Waals surface area contributed by atoms with E-state index < -0.39 is 0 Å². The highest BCUT2D eigenvalue weighted by atomic mass is 14.8. The first kappa shape index (κ1) is 13.9. The predicted molar refractivity (Wildman–Crippen MR) is 64.6 cm³/mol. The molecule has 14 heavy (non-hydrogen) atoms. The summed E-state index contributed by atoms with van der Waals surface area (Å²) in [7, 11) is 0. The summed E-state index contributed by atoms with van der Waals surface area (Å²) in [5.74, 6) is 1.64. The van der Waals surface area contributed by atoms with E-state index in [1.165, 1.54) is 25.9 Å². The van der Waals surface area contributed by atoms with Gasteiger partial charge in [-0.15, -0.1) is 0 Å². The molecule has 0 spiro atoms. The van der Waals surface area contributed by atoms with Crippen molar-refractivity contribution >= 4 is 0 Å². The molecule has 0 aliphatic carbocycles. The Kier molecular flexibility index (Phi) is 9.42. The quantitative estimate of drug-likeness (QED) is 0.596. The van der Waals surface area contributed by atoms with Gasteiger partial charge in [-0.2, -0.15) is 0 Å². The predicted octanol–water partition coefficient (Wildman–Crippen LogP) is 2.26. The second-order valence-corrected chi connectivity index (χ2v) is 4.40. The van der Waals surface area contributed by atoms with Gasteiger partial charge in [-0.25, -0.2) is 0 Å². The van der Waals surface area contributed by atoms with Crippen molar-refractivity contribution in [2.24, 2.45) is 11.8 Å². The van der Waals surface area contributed by atoms with Gasteiger partial charge in [-0.05, 0) is 50.9 Å². The van der Waals surface area contributed by atoms with Gasteiger partial charge in [0.15, 0.2) is 0 Å². The molecule has 0 aromatic rings. The van der Waals surface area contributed by atoms with Crippen molar-refractivity contribution in [3.05, 3.63) is 0 Å². The second-order valence-electron chi connectivity index (χ2n) is 4.40. The van der Waals surface area contributed by atoms with Crippen molar-refractivity contribution in [2.75, 3.05) is 26.2 Å². The zero-order valence-corrected chi connectivity index (χ0v) is 10.4. The summed E-state index contributed by atoms with van der Waals surface area (Å²) in [5, 5.41) is 6.80. The van der Waals surface area contributed by atoms with Crippen LogP contribution in [0.25, 0.3) is 0 Å². The van der Waals surface area contributed by atoms with Crippen molar-refractivity contribution in [1.82, 2.24) is 10.6 Å². The number of hydrogen-bond acceptors (Lipinski definition) is 2. The molecule has 2 atom stereocenters. The van der Waals surface area contributed by atoms with Crippen molar-refractivity contribution in [2.45, 2.75) is 40.5 Å². The van der Waals surface area contributed by atoms with Crippen LogP contribution < -0.4 is 10.6 Å². The Morgan fingerprint density at radius 3 is 1.43 bits per heavy atom. The van der Waals surface area contributed by atoms with Gasteiger partial charge in [0.25, 0.3) is 0 Å². The van der Waals surface area contributed by atoms with Crippen molar-refractivity contribution < 1.29 is 0 Å². The molecular formula is C12H28N2. The molecule has 2 nitrogen and oxygen atoms in total. The zero-order chi connectivity index (χ0) is 10.8. The lowest BCUT2D eigenvalue weighted by Gasteiger charge is -2.15. The molecule has 0 radical (unpaired) electrons. The minimum atomic E-state index is 0.819. The summed E-state index contributed by atoms with van der Waals surface area (Å²) < 4.78 is 0. The molecule has 0 saturated carbocycles. The Labute approximate surface area is 89.9 Å². The van der Waals surface area contributed by atoms with Gasteiger partial charge in [0.2, 0.25) is 0 Å². The largest absolute Gasteiger partial charge is 0.317 e. The first-order valence-corrected chi connectivity index (χ1v) is 6.12. The fourth-order valence-electron chi connectivity index (χ4n) is 1.55. The topological polar surface area (TPSA) is 24.1 Å². The normalized spacial score (nSPS) is 15.4. The number of nitrogens with one attached hydrogen (secondary N) is 2. The van der Waals surface area contributed by atoms with Crippen LogP contribution in [0, 0.1) is 11.8 Å². The lowest BCUT2D eigenvalue weighted by atomic mass is 9.98. The maximum atomic E-state index is 3.40. The summed E-state index contributed by atoms with van der Waals surface area (Å²) in [4.78, 5) is 0. The third-order valence-electron chi connectivity index (χ3n) is 2.64. The Balaban J connectivity index is 3.31. The maximum Gasteiger partial charge on any atom is -0.00233 e. The Hall–Kier alpha value is -0.0800. The molecule has 0 amide bonds. The van der Waals surface area contributed by atoms with E-state index >= 15 is 0 Å². The average molecular weight is 200 g/mol. The van der Waals surface area contributed by atoms with Crippen LogP contribution in [0.1, 0.15) is 40.5 Å². The SMILES string of the molecule is CCNCC(C)CCC(C)CNCC. The highest BCUT2D eigenvalue weighted by Gasteiger charge is 2.05. The van der Waals surface area contributed by atoms with E-state index in [1.807, 2.05) is 0 Å². The fourth-order valence-corrected chi connectivity index (χ4v) is 1.55. The first-order valence-electron chi connectivity index (χ1n) is 6.12. The molecule has 0 saturated heterocycles. The van der Waals surface area contributed by atoms with Gasteiger partial charge in [0.05, 0.1) is 0 Å². The Morgan fingerprint density at radius 1 is 0.786 bits per heavy atom. The zero-order valence-electron chi connectivity index (χ0n) is 10.4. The molecule has 2 unspecified atom stereocenters. The van der Waals surface area contributed by atoms with E-state index in [1.54, 1.807) is 0 Å². The molecular weight excluding hydrogens is 172 g/mol. The third kappa shape index (κ3) is 8.52. The molecule has 0 aliphatic heterocycles. The summed E-state index contributed by atoms with van der Waals surface area (Å²) in [6.07, 6.45) is 2.69. The molecule has 2 N–H and O–H groups in total. The molecule has 2 heteroatoms. The maximum absolute atomic E-state index is 3.40. The molecule has 0 aromatic heterocycles. The van der Waals surface area contributed by atoms with Crippen LogP contribution in [-0.2, 0) is 0 Å². The summed E-state index contributed by atoms with van der Waals surface area (Å²) in [6, 6.07) is 0. The van der Waals surface area contributed by atoms with Gasteiger partial charge in [-0.3, -0.25) is 0 Å². The first-order chi connectivity index (χ1) is 6.70. The smallest absolute Gasteiger partial charge is 0.00233 e. The number of hydrogen-bond donors (Lipinski definition) is 2. The third-order valence-corrected chi connectivity index (χ3v) is 2.64. The second kappa shape index (κ2) is 9.47. The molecule has 0 fully saturated rings. The van der Waals surface area contributed by atoms with Crippen LogP contribution in [0.5, 0.6) is 0 Å². The highest BCUT2D eigenvalue weighted by molar-refractivity contribution is 4.61. The van der Waals surface area contributed by atoms with Crippen LogP contribution in [0.15, 0.2) is 0 Å². The van der Waals surface area contributed by atoms with Crippen LogP contribution >= 0.6 is 0 Å². The van der Waals surface area contributed by atoms with Gasteiger partial charge in [-0.1, -0.05) is 27.7 Å². The van der Waals surface area contributed by atoms with E-state index in [4.69, 9.17) is 0 Å². The molecule has 0 aromatic carbocycles. The van der Waals surface area contributed by atoms with Gasteiger partial charge >= 0.3 is 0 Å². The van der Waals surface area contributed by atoms with E-state index in [2.05, 4.69) is 38.3 Å². The van der Waals surface area contributed by atoms with Crippen LogP contribution in [0.4, 0.5) is 0 Å². The lowest BCUT2D eigenvalue weighted by Crippen LogP contribution is -2.23. The minimum absolute atomic E-state index is 0.819. The van der Waals surface area contributed by atoms with E-state index in [0.717, 1.165) is 24.9 Å². The van der Waals surface area contributed by atoms with Crippen molar-refractivity contribution in [3.8, 4) is 0 Å². The van der Waals surface area contributed by atoms with Gasteiger partial charge < -0.3 is 10.6 Å². The average Bonchev–Trinajstić information content (AvgIpc) is 2.20. The van der Waals surface area contributed by atoms with Crippen molar-refractivity contribution in [3.63, 3.8) is 0 Å². The highest BCUT2D eigenvalue weighted by Crippen LogP contribution is 2.10. The molecule has 0 rings (SSSR count).